The van der Waals surface area contributed by atoms with E-state index >= 15 is 0 Å². The molecule has 1 saturated heterocycles. The summed E-state index contributed by atoms with van der Waals surface area (Å²) in [6, 6.07) is 1.41. The van der Waals surface area contributed by atoms with Crippen LogP contribution in [-0.2, 0) is 4.74 Å². The monoisotopic (exact) mass is 283 g/mol. The fraction of sp³-hybridized carbons (Fsp3) is 0.933. The van der Waals surface area contributed by atoms with Crippen LogP contribution in [0.3, 0.4) is 0 Å². The standard InChI is InChI=1S/C15H29N3O2/c1-3-17(14-5-6-14)12-9-16-13-7-10-18(11-8-13)15(19)20-4-2/h13-14,16H,3-12H2,1-2H3. The molecule has 2 rings (SSSR count). The lowest BCUT2D eigenvalue weighted by atomic mass is 10.1. The van der Waals surface area contributed by atoms with Gasteiger partial charge in [-0.1, -0.05) is 6.92 Å². The molecule has 0 aromatic carbocycles. The molecule has 2 fully saturated rings. The first-order chi connectivity index (χ1) is 9.74. The van der Waals surface area contributed by atoms with Crippen LogP contribution < -0.4 is 5.32 Å². The van der Waals surface area contributed by atoms with Gasteiger partial charge in [-0.05, 0) is 39.2 Å². The molecular formula is C15H29N3O2. The molecule has 0 bridgehead atoms. The molecule has 1 aliphatic carbocycles. The Morgan fingerprint density at radius 2 is 1.95 bits per heavy atom. The minimum atomic E-state index is -0.156. The molecule has 5 nitrogen and oxygen atoms in total. The number of carbonyl (C=O) groups is 1. The van der Waals surface area contributed by atoms with Crippen molar-refractivity contribution in [1.82, 2.24) is 15.1 Å². The highest BCUT2D eigenvalue weighted by molar-refractivity contribution is 5.67. The second-order valence-corrected chi connectivity index (χ2v) is 5.77. The number of ether oxygens (including phenoxy) is 1. The molecule has 20 heavy (non-hydrogen) atoms. The Labute approximate surface area is 122 Å². The highest BCUT2D eigenvalue weighted by atomic mass is 16.6. The zero-order chi connectivity index (χ0) is 14.4. The summed E-state index contributed by atoms with van der Waals surface area (Å²) in [5, 5.41) is 3.64. The Morgan fingerprint density at radius 3 is 2.50 bits per heavy atom. The predicted octanol–water partition coefficient (Wildman–Crippen LogP) is 1.68. The fourth-order valence-corrected chi connectivity index (χ4v) is 2.93. The second-order valence-electron chi connectivity index (χ2n) is 5.77. The van der Waals surface area contributed by atoms with Gasteiger partial charge in [0.05, 0.1) is 6.61 Å². The zero-order valence-electron chi connectivity index (χ0n) is 12.9. The summed E-state index contributed by atoms with van der Waals surface area (Å²) in [6.45, 7) is 9.57. The van der Waals surface area contributed by atoms with Gasteiger partial charge in [0.2, 0.25) is 0 Å². The van der Waals surface area contributed by atoms with Gasteiger partial charge in [0.15, 0.2) is 0 Å². The van der Waals surface area contributed by atoms with Gasteiger partial charge in [0.25, 0.3) is 0 Å². The third-order valence-electron chi connectivity index (χ3n) is 4.32. The number of amides is 1. The minimum absolute atomic E-state index is 0.156. The number of likely N-dealkylation sites (N-methyl/N-ethyl adjacent to an activating group) is 1. The molecule has 0 unspecified atom stereocenters. The molecule has 5 heteroatoms. The van der Waals surface area contributed by atoms with E-state index in [-0.39, 0.29) is 6.09 Å². The van der Waals surface area contributed by atoms with Gasteiger partial charge < -0.3 is 15.0 Å². The van der Waals surface area contributed by atoms with Crippen molar-refractivity contribution in [3.63, 3.8) is 0 Å². The third-order valence-corrected chi connectivity index (χ3v) is 4.32. The summed E-state index contributed by atoms with van der Waals surface area (Å²) in [6.07, 6.45) is 4.68. The molecular weight excluding hydrogens is 254 g/mol. The van der Waals surface area contributed by atoms with E-state index in [9.17, 15) is 4.79 Å². The van der Waals surface area contributed by atoms with Crippen molar-refractivity contribution in [2.24, 2.45) is 0 Å². The van der Waals surface area contributed by atoms with E-state index in [1.165, 1.54) is 12.8 Å². The summed E-state index contributed by atoms with van der Waals surface area (Å²) in [7, 11) is 0. The SMILES string of the molecule is CCOC(=O)N1CCC(NCCN(CC)C2CC2)CC1. The van der Waals surface area contributed by atoms with Crippen LogP contribution in [0, 0.1) is 0 Å². The van der Waals surface area contributed by atoms with Crippen LogP contribution in [0.2, 0.25) is 0 Å². The van der Waals surface area contributed by atoms with Gasteiger partial charge in [-0.25, -0.2) is 4.79 Å². The van der Waals surface area contributed by atoms with Crippen LogP contribution in [0.5, 0.6) is 0 Å². The molecule has 2 aliphatic rings. The molecule has 1 N–H and O–H groups in total. The summed E-state index contributed by atoms with van der Waals surface area (Å²) in [5.41, 5.74) is 0. The highest BCUT2D eigenvalue weighted by Gasteiger charge is 2.28. The molecule has 1 saturated carbocycles. The average Bonchev–Trinajstić information content (AvgIpc) is 3.29. The molecule has 1 heterocycles. The quantitative estimate of drug-likeness (QED) is 0.772. The first-order valence-corrected chi connectivity index (χ1v) is 8.13. The number of nitrogens with one attached hydrogen (secondary N) is 1. The number of carbonyl (C=O) groups excluding carboxylic acids is 1. The van der Waals surface area contributed by atoms with Gasteiger partial charge in [-0.3, -0.25) is 4.90 Å². The first-order valence-electron chi connectivity index (χ1n) is 8.13. The summed E-state index contributed by atoms with van der Waals surface area (Å²) < 4.78 is 5.04. The maximum absolute atomic E-state index is 11.6. The van der Waals surface area contributed by atoms with Crippen LogP contribution >= 0.6 is 0 Å². The molecule has 0 aromatic rings. The van der Waals surface area contributed by atoms with Crippen molar-refractivity contribution in [2.45, 2.75) is 51.6 Å². The van der Waals surface area contributed by atoms with Gasteiger partial charge >= 0.3 is 6.09 Å². The number of hydrogen-bond acceptors (Lipinski definition) is 4. The van der Waals surface area contributed by atoms with E-state index in [0.29, 0.717) is 12.6 Å². The van der Waals surface area contributed by atoms with Crippen molar-refractivity contribution < 1.29 is 9.53 Å². The van der Waals surface area contributed by atoms with Crippen LogP contribution in [0.15, 0.2) is 0 Å². The van der Waals surface area contributed by atoms with E-state index in [2.05, 4.69) is 17.1 Å². The van der Waals surface area contributed by atoms with Gasteiger partial charge in [-0.2, -0.15) is 0 Å². The molecule has 0 radical (unpaired) electrons. The topological polar surface area (TPSA) is 44.8 Å². The Morgan fingerprint density at radius 1 is 1.25 bits per heavy atom. The van der Waals surface area contributed by atoms with Gasteiger partial charge in [0, 0.05) is 38.3 Å². The maximum Gasteiger partial charge on any atom is 0.409 e. The molecule has 0 aromatic heterocycles. The lowest BCUT2D eigenvalue weighted by Crippen LogP contribution is -2.46. The smallest absolute Gasteiger partial charge is 0.409 e. The predicted molar refractivity (Wildman–Crippen MR) is 79.9 cm³/mol. The van der Waals surface area contributed by atoms with E-state index in [4.69, 9.17) is 4.74 Å². The average molecular weight is 283 g/mol. The van der Waals surface area contributed by atoms with Gasteiger partial charge in [-0.15, -0.1) is 0 Å². The number of piperidine rings is 1. The van der Waals surface area contributed by atoms with E-state index in [1.54, 1.807) is 0 Å². The third kappa shape index (κ3) is 4.63. The van der Waals surface area contributed by atoms with Gasteiger partial charge in [0.1, 0.15) is 0 Å². The maximum atomic E-state index is 11.6. The highest BCUT2D eigenvalue weighted by Crippen LogP contribution is 2.25. The summed E-state index contributed by atoms with van der Waals surface area (Å²) >= 11 is 0. The van der Waals surface area contributed by atoms with Crippen LogP contribution in [-0.4, -0.2) is 67.3 Å². The number of nitrogens with zero attached hydrogens (tertiary/aromatic N) is 2. The fourth-order valence-electron chi connectivity index (χ4n) is 2.93. The Hall–Kier alpha value is -0.810. The van der Waals surface area contributed by atoms with Crippen molar-refractivity contribution in [2.75, 3.05) is 39.3 Å². The van der Waals surface area contributed by atoms with Crippen LogP contribution in [0.25, 0.3) is 0 Å². The Bertz CT molecular complexity index is 299. The lowest BCUT2D eigenvalue weighted by molar-refractivity contribution is 0.0948. The van der Waals surface area contributed by atoms with Crippen molar-refractivity contribution in [3.05, 3.63) is 0 Å². The molecule has 0 atom stereocenters. The van der Waals surface area contributed by atoms with Crippen LogP contribution in [0.4, 0.5) is 4.79 Å². The van der Waals surface area contributed by atoms with Crippen molar-refractivity contribution in [3.8, 4) is 0 Å². The van der Waals surface area contributed by atoms with Crippen molar-refractivity contribution >= 4 is 6.09 Å². The molecule has 1 aliphatic heterocycles. The van der Waals surface area contributed by atoms with Crippen LogP contribution in [0.1, 0.15) is 39.5 Å². The molecule has 1 amide bonds. The van der Waals surface area contributed by atoms with E-state index in [1.807, 2.05) is 11.8 Å². The van der Waals surface area contributed by atoms with Crippen molar-refractivity contribution in [1.29, 1.82) is 0 Å². The summed E-state index contributed by atoms with van der Waals surface area (Å²) in [4.78, 5) is 16.0. The number of hydrogen-bond donors (Lipinski definition) is 1. The second kappa shape index (κ2) is 7.84. The number of likely N-dealkylation sites (tertiary alicyclic amines) is 1. The largest absolute Gasteiger partial charge is 0.450 e. The zero-order valence-corrected chi connectivity index (χ0v) is 12.9. The lowest BCUT2D eigenvalue weighted by Gasteiger charge is -2.32. The first kappa shape index (κ1) is 15.6. The van der Waals surface area contributed by atoms with E-state index < -0.39 is 0 Å². The normalized spacial score (nSPS) is 20.4. The van der Waals surface area contributed by atoms with E-state index in [0.717, 1.165) is 51.6 Å². The summed E-state index contributed by atoms with van der Waals surface area (Å²) in [5.74, 6) is 0. The Balaban J connectivity index is 1.58. The molecule has 0 spiro atoms. The molecule has 116 valence electrons. The Kier molecular flexibility index (Phi) is 6.10. The minimum Gasteiger partial charge on any atom is -0.450 e. The number of rotatable bonds is 7.